The SMILES string of the molecule is C[C@H]1CN(C(=O)[C@@H](N)C2CCCCC2)CCN1C(=O)OCc1ccccc1.Cl. The standard InChI is InChI=1S/C21H31N3O3.ClH/c1-16-14-23(20(25)19(22)18-10-6-3-7-11-18)12-13-24(16)21(26)27-15-17-8-4-2-5-9-17;/h2,4-5,8-9,16,18-19H,3,6-7,10-15,22H2,1H3;1H/t16-,19-;/m0./s1. The molecule has 7 heteroatoms. The lowest BCUT2D eigenvalue weighted by Gasteiger charge is -2.41. The Kier molecular flexibility index (Phi) is 8.58. The molecule has 1 saturated heterocycles. The Morgan fingerprint density at radius 1 is 1.14 bits per heavy atom. The van der Waals surface area contributed by atoms with Crippen LogP contribution < -0.4 is 5.73 Å². The Hall–Kier alpha value is -1.79. The van der Waals surface area contributed by atoms with Crippen molar-refractivity contribution in [2.75, 3.05) is 19.6 Å². The summed E-state index contributed by atoms with van der Waals surface area (Å²) >= 11 is 0. The third kappa shape index (κ3) is 5.61. The maximum absolute atomic E-state index is 12.8. The second kappa shape index (κ2) is 10.7. The van der Waals surface area contributed by atoms with Gasteiger partial charge in [-0.25, -0.2) is 4.79 Å². The normalized spacial score (nSPS) is 21.6. The van der Waals surface area contributed by atoms with Crippen LogP contribution in [0.25, 0.3) is 0 Å². The Morgan fingerprint density at radius 3 is 2.46 bits per heavy atom. The predicted molar refractivity (Wildman–Crippen MR) is 111 cm³/mol. The number of halogens is 1. The van der Waals surface area contributed by atoms with Crippen molar-refractivity contribution < 1.29 is 14.3 Å². The quantitative estimate of drug-likeness (QED) is 0.828. The number of carbonyl (C=O) groups excluding carboxylic acids is 2. The summed E-state index contributed by atoms with van der Waals surface area (Å²) in [6, 6.07) is 9.15. The molecule has 2 N–H and O–H groups in total. The van der Waals surface area contributed by atoms with Gasteiger partial charge in [0.1, 0.15) is 6.61 Å². The van der Waals surface area contributed by atoms with Gasteiger partial charge in [0, 0.05) is 25.7 Å². The van der Waals surface area contributed by atoms with E-state index in [2.05, 4.69) is 0 Å². The molecule has 0 bridgehead atoms. The molecule has 6 nitrogen and oxygen atoms in total. The lowest BCUT2D eigenvalue weighted by molar-refractivity contribution is -0.136. The number of amides is 2. The smallest absolute Gasteiger partial charge is 0.410 e. The summed E-state index contributed by atoms with van der Waals surface area (Å²) in [5.74, 6) is 0.335. The second-order valence-corrected chi connectivity index (χ2v) is 7.79. The Bertz CT molecular complexity index is 637. The molecule has 0 spiro atoms. The van der Waals surface area contributed by atoms with Crippen molar-refractivity contribution in [2.45, 2.75) is 57.7 Å². The number of rotatable bonds is 4. The number of hydrogen-bond donors (Lipinski definition) is 1. The lowest BCUT2D eigenvalue weighted by Crippen LogP contribution is -2.59. The van der Waals surface area contributed by atoms with Crippen LogP contribution in [0, 0.1) is 5.92 Å². The predicted octanol–water partition coefficient (Wildman–Crippen LogP) is 3.19. The minimum absolute atomic E-state index is 0. The van der Waals surface area contributed by atoms with E-state index in [9.17, 15) is 9.59 Å². The molecule has 2 aliphatic rings. The molecule has 2 atom stereocenters. The minimum Gasteiger partial charge on any atom is -0.445 e. The van der Waals surface area contributed by atoms with Crippen LogP contribution in [0.2, 0.25) is 0 Å². The molecule has 3 rings (SSSR count). The van der Waals surface area contributed by atoms with E-state index in [-0.39, 0.29) is 37.1 Å². The van der Waals surface area contributed by atoms with Gasteiger partial charge in [-0.1, -0.05) is 49.6 Å². The zero-order valence-electron chi connectivity index (χ0n) is 16.6. The van der Waals surface area contributed by atoms with Gasteiger partial charge >= 0.3 is 6.09 Å². The molecule has 1 aromatic carbocycles. The van der Waals surface area contributed by atoms with Crippen LogP contribution in [0.5, 0.6) is 0 Å². The number of hydrogen-bond acceptors (Lipinski definition) is 4. The fourth-order valence-corrected chi connectivity index (χ4v) is 4.14. The van der Waals surface area contributed by atoms with Crippen molar-refractivity contribution in [3.63, 3.8) is 0 Å². The van der Waals surface area contributed by atoms with Crippen molar-refractivity contribution in [1.29, 1.82) is 0 Å². The highest BCUT2D eigenvalue weighted by atomic mass is 35.5. The number of piperazine rings is 1. The van der Waals surface area contributed by atoms with E-state index in [1.807, 2.05) is 42.2 Å². The third-order valence-electron chi connectivity index (χ3n) is 5.82. The van der Waals surface area contributed by atoms with E-state index >= 15 is 0 Å². The number of nitrogens with zero attached hydrogens (tertiary/aromatic N) is 2. The fourth-order valence-electron chi connectivity index (χ4n) is 4.14. The van der Waals surface area contributed by atoms with Gasteiger partial charge in [0.15, 0.2) is 0 Å². The van der Waals surface area contributed by atoms with E-state index in [1.54, 1.807) is 4.90 Å². The summed E-state index contributed by atoms with van der Waals surface area (Å²) in [6.07, 6.45) is 5.36. The van der Waals surface area contributed by atoms with Crippen LogP contribution in [-0.4, -0.2) is 53.5 Å². The first-order valence-electron chi connectivity index (χ1n) is 10.1. The van der Waals surface area contributed by atoms with Gasteiger partial charge in [0.2, 0.25) is 5.91 Å². The molecule has 1 saturated carbocycles. The molecular weight excluding hydrogens is 378 g/mol. The van der Waals surface area contributed by atoms with E-state index < -0.39 is 6.04 Å². The Morgan fingerprint density at radius 2 is 1.82 bits per heavy atom. The van der Waals surface area contributed by atoms with Crippen molar-refractivity contribution in [3.05, 3.63) is 35.9 Å². The van der Waals surface area contributed by atoms with Crippen molar-refractivity contribution in [3.8, 4) is 0 Å². The summed E-state index contributed by atoms with van der Waals surface area (Å²) in [5, 5.41) is 0. The number of ether oxygens (including phenoxy) is 1. The first kappa shape index (κ1) is 22.5. The summed E-state index contributed by atoms with van der Waals surface area (Å²) in [6.45, 7) is 3.73. The highest BCUT2D eigenvalue weighted by molar-refractivity contribution is 5.85. The van der Waals surface area contributed by atoms with Crippen molar-refractivity contribution >= 4 is 24.4 Å². The number of carbonyl (C=O) groups is 2. The lowest BCUT2D eigenvalue weighted by atomic mass is 9.83. The highest BCUT2D eigenvalue weighted by Gasteiger charge is 2.35. The molecule has 156 valence electrons. The van der Waals surface area contributed by atoms with Gasteiger partial charge in [-0.05, 0) is 31.2 Å². The Balaban J connectivity index is 0.00000280. The zero-order chi connectivity index (χ0) is 19.2. The van der Waals surface area contributed by atoms with E-state index in [0.717, 1.165) is 18.4 Å². The third-order valence-corrected chi connectivity index (χ3v) is 5.82. The monoisotopic (exact) mass is 409 g/mol. The molecule has 0 aromatic heterocycles. The van der Waals surface area contributed by atoms with Crippen LogP contribution in [0.4, 0.5) is 4.79 Å². The molecule has 1 aliphatic heterocycles. The molecule has 28 heavy (non-hydrogen) atoms. The van der Waals surface area contributed by atoms with Crippen LogP contribution in [0.15, 0.2) is 30.3 Å². The molecule has 1 heterocycles. The number of benzene rings is 1. The minimum atomic E-state index is -0.408. The largest absolute Gasteiger partial charge is 0.445 e. The van der Waals surface area contributed by atoms with E-state index in [1.165, 1.54) is 19.3 Å². The second-order valence-electron chi connectivity index (χ2n) is 7.79. The van der Waals surface area contributed by atoms with Crippen LogP contribution in [-0.2, 0) is 16.1 Å². The molecular formula is C21H32ClN3O3. The number of nitrogens with two attached hydrogens (primary N) is 1. The van der Waals surface area contributed by atoms with Crippen LogP contribution in [0.3, 0.4) is 0 Å². The summed E-state index contributed by atoms with van der Waals surface area (Å²) < 4.78 is 5.44. The summed E-state index contributed by atoms with van der Waals surface area (Å²) in [7, 11) is 0. The Labute approximate surface area is 173 Å². The molecule has 0 unspecified atom stereocenters. The van der Waals surface area contributed by atoms with Crippen LogP contribution >= 0.6 is 12.4 Å². The molecule has 0 radical (unpaired) electrons. The average molecular weight is 410 g/mol. The first-order chi connectivity index (χ1) is 13.1. The van der Waals surface area contributed by atoms with Gasteiger partial charge in [-0.2, -0.15) is 0 Å². The molecule has 2 fully saturated rings. The van der Waals surface area contributed by atoms with Gasteiger partial charge < -0.3 is 20.3 Å². The maximum Gasteiger partial charge on any atom is 0.410 e. The average Bonchev–Trinajstić information content (AvgIpc) is 2.72. The van der Waals surface area contributed by atoms with Crippen molar-refractivity contribution in [1.82, 2.24) is 9.80 Å². The van der Waals surface area contributed by atoms with Gasteiger partial charge in [0.05, 0.1) is 6.04 Å². The van der Waals surface area contributed by atoms with E-state index in [4.69, 9.17) is 10.5 Å². The van der Waals surface area contributed by atoms with E-state index in [0.29, 0.717) is 25.6 Å². The van der Waals surface area contributed by atoms with Gasteiger partial charge in [0.25, 0.3) is 0 Å². The first-order valence-corrected chi connectivity index (χ1v) is 10.1. The summed E-state index contributed by atoms with van der Waals surface area (Å²) in [4.78, 5) is 28.7. The molecule has 1 aliphatic carbocycles. The zero-order valence-corrected chi connectivity index (χ0v) is 17.4. The molecule has 1 aromatic rings. The van der Waals surface area contributed by atoms with Crippen molar-refractivity contribution in [2.24, 2.45) is 11.7 Å². The van der Waals surface area contributed by atoms with Gasteiger partial charge in [-0.3, -0.25) is 4.79 Å². The fraction of sp³-hybridized carbons (Fsp3) is 0.619. The highest BCUT2D eigenvalue weighted by Crippen LogP contribution is 2.27. The topological polar surface area (TPSA) is 75.9 Å². The van der Waals surface area contributed by atoms with Crippen LogP contribution in [0.1, 0.15) is 44.6 Å². The summed E-state index contributed by atoms with van der Waals surface area (Å²) in [5.41, 5.74) is 7.24. The molecule has 2 amide bonds. The maximum atomic E-state index is 12.8. The van der Waals surface area contributed by atoms with Gasteiger partial charge in [-0.15, -0.1) is 12.4 Å².